The minimum atomic E-state index is -0.105. The number of hydrogen-bond donors (Lipinski definition) is 1. The van der Waals surface area contributed by atoms with E-state index in [1.165, 1.54) is 0 Å². The maximum Gasteiger partial charge on any atom is 0.321 e. The first kappa shape index (κ1) is 20.7. The van der Waals surface area contributed by atoms with E-state index in [9.17, 15) is 4.79 Å². The Hall–Kier alpha value is -2.58. The maximum absolute atomic E-state index is 12.6. The number of anilines is 3. The number of aryl methyl sites for hydroxylation is 1. The van der Waals surface area contributed by atoms with Gasteiger partial charge < -0.3 is 24.9 Å². The van der Waals surface area contributed by atoms with Gasteiger partial charge in [0.2, 0.25) is 0 Å². The fourth-order valence-electron chi connectivity index (χ4n) is 3.70. The molecule has 2 saturated heterocycles. The van der Waals surface area contributed by atoms with Gasteiger partial charge in [-0.2, -0.15) is 0 Å². The van der Waals surface area contributed by atoms with Crippen molar-refractivity contribution in [2.75, 3.05) is 74.5 Å². The monoisotopic (exact) mass is 429 g/mol. The van der Waals surface area contributed by atoms with Gasteiger partial charge >= 0.3 is 6.03 Å². The molecule has 1 aromatic carbocycles. The lowest BCUT2D eigenvalue weighted by Gasteiger charge is -2.35. The van der Waals surface area contributed by atoms with Crippen LogP contribution in [0.15, 0.2) is 30.3 Å². The maximum atomic E-state index is 12.6. The lowest BCUT2D eigenvalue weighted by Crippen LogP contribution is -2.50. The Kier molecular flexibility index (Phi) is 6.24. The van der Waals surface area contributed by atoms with Crippen LogP contribution in [0.25, 0.3) is 0 Å². The molecule has 0 saturated carbocycles. The van der Waals surface area contributed by atoms with Crippen LogP contribution in [0.2, 0.25) is 5.02 Å². The van der Waals surface area contributed by atoms with Crippen molar-refractivity contribution in [3.63, 3.8) is 0 Å². The van der Waals surface area contributed by atoms with E-state index in [0.29, 0.717) is 23.8 Å². The van der Waals surface area contributed by atoms with Gasteiger partial charge in [-0.15, -0.1) is 10.2 Å². The molecule has 30 heavy (non-hydrogen) atoms. The highest BCUT2D eigenvalue weighted by atomic mass is 35.5. The smallest absolute Gasteiger partial charge is 0.321 e. The molecule has 4 rings (SSSR count). The number of likely N-dealkylation sites (N-methyl/N-ethyl adjacent to an activating group) is 1. The highest BCUT2D eigenvalue weighted by Gasteiger charge is 2.23. The summed E-state index contributed by atoms with van der Waals surface area (Å²) in [5.41, 5.74) is 1.70. The van der Waals surface area contributed by atoms with Crippen LogP contribution >= 0.6 is 11.6 Å². The summed E-state index contributed by atoms with van der Waals surface area (Å²) in [5, 5.41) is 12.5. The Morgan fingerprint density at radius 3 is 2.00 bits per heavy atom. The summed E-state index contributed by atoms with van der Waals surface area (Å²) < 4.78 is 0. The Morgan fingerprint density at radius 1 is 0.900 bits per heavy atom. The van der Waals surface area contributed by atoms with E-state index in [2.05, 4.69) is 37.3 Å². The molecular weight excluding hydrogens is 402 g/mol. The number of nitrogens with one attached hydrogen (secondary N) is 1. The number of nitrogens with zero attached hydrogens (tertiary/aromatic N) is 6. The predicted octanol–water partition coefficient (Wildman–Crippen LogP) is 2.54. The minimum Gasteiger partial charge on any atom is -0.353 e. The number of carbonyl (C=O) groups is 1. The van der Waals surface area contributed by atoms with Crippen molar-refractivity contribution in [3.8, 4) is 0 Å². The van der Waals surface area contributed by atoms with Crippen molar-refractivity contribution in [1.82, 2.24) is 20.0 Å². The molecule has 3 heterocycles. The largest absolute Gasteiger partial charge is 0.353 e. The van der Waals surface area contributed by atoms with Gasteiger partial charge in [0.05, 0.1) is 0 Å². The molecule has 0 unspecified atom stereocenters. The molecule has 8 nitrogen and oxygen atoms in total. The van der Waals surface area contributed by atoms with E-state index in [1.807, 2.05) is 36.1 Å². The lowest BCUT2D eigenvalue weighted by atomic mass is 10.2. The van der Waals surface area contributed by atoms with Crippen molar-refractivity contribution in [2.24, 2.45) is 0 Å². The second kappa shape index (κ2) is 9.06. The highest BCUT2D eigenvalue weighted by molar-refractivity contribution is 6.31. The molecule has 0 radical (unpaired) electrons. The van der Waals surface area contributed by atoms with E-state index < -0.39 is 0 Å². The first-order chi connectivity index (χ1) is 14.5. The zero-order valence-corrected chi connectivity index (χ0v) is 18.3. The van der Waals surface area contributed by atoms with E-state index in [0.717, 1.165) is 56.5 Å². The lowest BCUT2D eigenvalue weighted by molar-refractivity contribution is 0.208. The fraction of sp³-hybridized carbons (Fsp3) is 0.476. The summed E-state index contributed by atoms with van der Waals surface area (Å²) in [6.45, 7) is 8.70. The van der Waals surface area contributed by atoms with E-state index in [-0.39, 0.29) is 6.03 Å². The quantitative estimate of drug-likeness (QED) is 0.808. The third-order valence-corrected chi connectivity index (χ3v) is 6.18. The van der Waals surface area contributed by atoms with Crippen LogP contribution in [0.5, 0.6) is 0 Å². The number of urea groups is 1. The molecule has 2 aliphatic rings. The van der Waals surface area contributed by atoms with E-state index >= 15 is 0 Å². The molecular formula is C21H28ClN7O. The number of amides is 2. The Balaban J connectivity index is 1.29. The fourth-order valence-corrected chi connectivity index (χ4v) is 3.88. The molecule has 2 fully saturated rings. The minimum absolute atomic E-state index is 0.105. The van der Waals surface area contributed by atoms with Gasteiger partial charge in [0.25, 0.3) is 0 Å². The topological polar surface area (TPSA) is 67.8 Å². The average Bonchev–Trinajstić information content (AvgIpc) is 2.77. The zero-order chi connectivity index (χ0) is 21.1. The van der Waals surface area contributed by atoms with Crippen LogP contribution in [0.3, 0.4) is 0 Å². The van der Waals surface area contributed by atoms with Crippen molar-refractivity contribution < 1.29 is 4.79 Å². The van der Waals surface area contributed by atoms with Crippen molar-refractivity contribution >= 4 is 35.0 Å². The number of hydrogen-bond acceptors (Lipinski definition) is 6. The molecule has 2 aliphatic heterocycles. The number of halogens is 1. The van der Waals surface area contributed by atoms with E-state index in [4.69, 9.17) is 11.6 Å². The van der Waals surface area contributed by atoms with Gasteiger partial charge in [-0.3, -0.25) is 0 Å². The normalized spacial score (nSPS) is 17.9. The molecule has 0 spiro atoms. The molecule has 1 aromatic heterocycles. The SMILES string of the molecule is Cc1ccc(NC(=O)N2CCN(c3ccc(N4CCN(C)CC4)nn3)CC2)cc1Cl. The molecule has 0 atom stereocenters. The van der Waals surface area contributed by atoms with Gasteiger partial charge in [0, 0.05) is 63.1 Å². The van der Waals surface area contributed by atoms with Gasteiger partial charge in [0.1, 0.15) is 0 Å². The van der Waals surface area contributed by atoms with Crippen LogP contribution in [0.1, 0.15) is 5.56 Å². The number of benzene rings is 1. The predicted molar refractivity (Wildman–Crippen MR) is 121 cm³/mol. The molecule has 2 aromatic rings. The summed E-state index contributed by atoms with van der Waals surface area (Å²) in [6, 6.07) is 9.53. The second-order valence-corrected chi connectivity index (χ2v) is 8.32. The zero-order valence-electron chi connectivity index (χ0n) is 17.5. The van der Waals surface area contributed by atoms with Gasteiger partial charge in [-0.05, 0) is 43.8 Å². The second-order valence-electron chi connectivity index (χ2n) is 7.91. The van der Waals surface area contributed by atoms with Crippen LogP contribution < -0.4 is 15.1 Å². The number of rotatable bonds is 3. The first-order valence-electron chi connectivity index (χ1n) is 10.3. The van der Waals surface area contributed by atoms with Crippen LogP contribution in [0.4, 0.5) is 22.1 Å². The summed E-state index contributed by atoms with van der Waals surface area (Å²) in [4.78, 5) is 21.2. The Labute approximate surface area is 182 Å². The summed E-state index contributed by atoms with van der Waals surface area (Å²) in [5.74, 6) is 1.79. The summed E-state index contributed by atoms with van der Waals surface area (Å²) >= 11 is 6.15. The number of carbonyl (C=O) groups excluding carboxylic acids is 1. The molecule has 9 heteroatoms. The van der Waals surface area contributed by atoms with Crippen molar-refractivity contribution in [3.05, 3.63) is 40.9 Å². The van der Waals surface area contributed by atoms with Crippen LogP contribution in [-0.2, 0) is 0 Å². The number of aromatic nitrogens is 2. The van der Waals surface area contributed by atoms with Crippen LogP contribution in [0, 0.1) is 6.92 Å². The molecule has 160 valence electrons. The summed E-state index contributed by atoms with van der Waals surface area (Å²) in [6.07, 6.45) is 0. The third-order valence-electron chi connectivity index (χ3n) is 5.78. The molecule has 0 bridgehead atoms. The summed E-state index contributed by atoms with van der Waals surface area (Å²) in [7, 11) is 2.14. The van der Waals surface area contributed by atoms with Crippen molar-refractivity contribution in [1.29, 1.82) is 0 Å². The molecule has 0 aliphatic carbocycles. The highest BCUT2D eigenvalue weighted by Crippen LogP contribution is 2.21. The Morgan fingerprint density at radius 2 is 1.47 bits per heavy atom. The van der Waals surface area contributed by atoms with Crippen LogP contribution in [-0.4, -0.2) is 85.4 Å². The van der Waals surface area contributed by atoms with Gasteiger partial charge in [0.15, 0.2) is 11.6 Å². The first-order valence-corrected chi connectivity index (χ1v) is 10.7. The third kappa shape index (κ3) is 4.76. The standard InChI is InChI=1S/C21H28ClN7O/c1-16-3-4-17(15-18(16)22)23-21(30)29-13-11-28(12-14-29)20-6-5-19(24-25-20)27-9-7-26(2)8-10-27/h3-6,15H,7-14H2,1-2H3,(H,23,30). The van der Waals surface area contributed by atoms with Gasteiger partial charge in [-0.25, -0.2) is 4.79 Å². The average molecular weight is 430 g/mol. The molecule has 2 amide bonds. The number of piperazine rings is 2. The van der Waals surface area contributed by atoms with Gasteiger partial charge in [-0.1, -0.05) is 17.7 Å². The van der Waals surface area contributed by atoms with E-state index in [1.54, 1.807) is 6.07 Å². The Bertz CT molecular complexity index is 875. The van der Waals surface area contributed by atoms with Crippen molar-refractivity contribution in [2.45, 2.75) is 6.92 Å². The molecule has 1 N–H and O–H groups in total.